The van der Waals surface area contributed by atoms with Gasteiger partial charge in [-0.25, -0.2) is 0 Å². The number of nitrogens with zero attached hydrogens (tertiary/aromatic N) is 2. The Labute approximate surface area is 171 Å². The van der Waals surface area contributed by atoms with Gasteiger partial charge in [-0.3, -0.25) is 4.90 Å². The topological polar surface area (TPSA) is 45.5 Å². The van der Waals surface area contributed by atoms with Crippen molar-refractivity contribution in [1.82, 2.24) is 4.90 Å². The molecule has 4 nitrogen and oxygen atoms in total. The molecular weight excluding hydrogens is 360 g/mol. The molecule has 0 aliphatic carbocycles. The van der Waals surface area contributed by atoms with Gasteiger partial charge in [0.1, 0.15) is 6.61 Å². The summed E-state index contributed by atoms with van der Waals surface area (Å²) in [5.41, 5.74) is 5.67. The lowest BCUT2D eigenvalue weighted by atomic mass is 9.98. The molecule has 4 heteroatoms. The van der Waals surface area contributed by atoms with Crippen LogP contribution in [0.4, 0.5) is 0 Å². The fourth-order valence-corrected chi connectivity index (χ4v) is 3.71. The molecule has 1 aliphatic heterocycles. The van der Waals surface area contributed by atoms with Crippen molar-refractivity contribution in [3.05, 3.63) is 94.5 Å². The molecule has 3 aromatic rings. The van der Waals surface area contributed by atoms with Crippen molar-refractivity contribution in [3.8, 4) is 17.6 Å². The number of methoxy groups -OCH3 is 1. The summed E-state index contributed by atoms with van der Waals surface area (Å²) in [5, 5.41) is 8.95. The first kappa shape index (κ1) is 19.0. The van der Waals surface area contributed by atoms with E-state index >= 15 is 0 Å². The Morgan fingerprint density at radius 1 is 0.931 bits per heavy atom. The van der Waals surface area contributed by atoms with Crippen molar-refractivity contribution < 1.29 is 9.47 Å². The zero-order valence-electron chi connectivity index (χ0n) is 16.6. The summed E-state index contributed by atoms with van der Waals surface area (Å²) in [7, 11) is 1.69. The Kier molecular flexibility index (Phi) is 5.79. The van der Waals surface area contributed by atoms with E-state index in [1.807, 2.05) is 42.5 Å². The number of fused-ring (bicyclic) bond motifs is 1. The van der Waals surface area contributed by atoms with Crippen molar-refractivity contribution in [1.29, 1.82) is 5.26 Å². The Morgan fingerprint density at radius 3 is 2.41 bits per heavy atom. The first-order valence-electron chi connectivity index (χ1n) is 9.83. The number of hydrogen-bond acceptors (Lipinski definition) is 4. The molecule has 0 fully saturated rings. The van der Waals surface area contributed by atoms with Crippen molar-refractivity contribution in [2.24, 2.45) is 0 Å². The van der Waals surface area contributed by atoms with Gasteiger partial charge in [0.05, 0.1) is 18.7 Å². The minimum atomic E-state index is 0.529. The Hall–Kier alpha value is -3.29. The molecule has 146 valence electrons. The molecule has 0 saturated carbocycles. The number of ether oxygens (including phenoxy) is 2. The van der Waals surface area contributed by atoms with Gasteiger partial charge >= 0.3 is 0 Å². The molecule has 0 aromatic heterocycles. The van der Waals surface area contributed by atoms with Crippen LogP contribution in [0, 0.1) is 11.3 Å². The molecule has 0 radical (unpaired) electrons. The van der Waals surface area contributed by atoms with E-state index < -0.39 is 0 Å². The summed E-state index contributed by atoms with van der Waals surface area (Å²) >= 11 is 0. The molecule has 3 aromatic carbocycles. The van der Waals surface area contributed by atoms with E-state index in [1.54, 1.807) is 7.11 Å². The fourth-order valence-electron chi connectivity index (χ4n) is 3.71. The lowest BCUT2D eigenvalue weighted by molar-refractivity contribution is 0.242. The molecule has 0 amide bonds. The molecule has 1 aliphatic rings. The third-order valence-electron chi connectivity index (χ3n) is 5.30. The largest absolute Gasteiger partial charge is 0.493 e. The van der Waals surface area contributed by atoms with Crippen LogP contribution in [0.2, 0.25) is 0 Å². The van der Waals surface area contributed by atoms with E-state index in [0.717, 1.165) is 43.1 Å². The maximum absolute atomic E-state index is 8.95. The molecule has 0 unspecified atom stereocenters. The lowest BCUT2D eigenvalue weighted by Gasteiger charge is -2.29. The molecule has 29 heavy (non-hydrogen) atoms. The van der Waals surface area contributed by atoms with Gasteiger partial charge in [-0.05, 0) is 52.9 Å². The second-order valence-corrected chi connectivity index (χ2v) is 7.32. The van der Waals surface area contributed by atoms with Crippen LogP contribution >= 0.6 is 0 Å². The second-order valence-electron chi connectivity index (χ2n) is 7.32. The first-order valence-corrected chi connectivity index (χ1v) is 9.83. The molecule has 0 N–H and O–H groups in total. The van der Waals surface area contributed by atoms with Gasteiger partial charge in [0.2, 0.25) is 0 Å². The molecule has 0 saturated heterocycles. The molecule has 0 bridgehead atoms. The van der Waals surface area contributed by atoms with Crippen LogP contribution in [-0.4, -0.2) is 18.6 Å². The van der Waals surface area contributed by atoms with E-state index in [0.29, 0.717) is 12.2 Å². The van der Waals surface area contributed by atoms with E-state index in [9.17, 15) is 0 Å². The fraction of sp³-hybridized carbons (Fsp3) is 0.240. The highest BCUT2D eigenvalue weighted by molar-refractivity contribution is 5.48. The highest BCUT2D eigenvalue weighted by Gasteiger charge is 2.20. The van der Waals surface area contributed by atoms with Crippen molar-refractivity contribution in [2.45, 2.75) is 26.1 Å². The van der Waals surface area contributed by atoms with E-state index in [-0.39, 0.29) is 0 Å². The zero-order valence-corrected chi connectivity index (χ0v) is 16.6. The first-order chi connectivity index (χ1) is 14.2. The van der Waals surface area contributed by atoms with Crippen LogP contribution in [0.1, 0.15) is 27.8 Å². The monoisotopic (exact) mass is 384 g/mol. The third kappa shape index (κ3) is 4.59. The maximum atomic E-state index is 8.95. The van der Waals surface area contributed by atoms with Gasteiger partial charge in [-0.1, -0.05) is 42.5 Å². The SMILES string of the molecule is COc1cc2c(cc1OCc1ccccc1)CCN(Cc1ccc(C#N)cc1)C2. The van der Waals surface area contributed by atoms with Gasteiger partial charge in [-0.15, -0.1) is 0 Å². The van der Waals surface area contributed by atoms with Crippen LogP contribution in [-0.2, 0) is 26.1 Å². The van der Waals surface area contributed by atoms with Gasteiger partial charge in [0.25, 0.3) is 0 Å². The van der Waals surface area contributed by atoms with Crippen LogP contribution in [0.3, 0.4) is 0 Å². The second kappa shape index (κ2) is 8.81. The smallest absolute Gasteiger partial charge is 0.161 e. The predicted molar refractivity (Wildman–Crippen MR) is 113 cm³/mol. The zero-order chi connectivity index (χ0) is 20.1. The number of hydrogen-bond donors (Lipinski definition) is 0. The van der Waals surface area contributed by atoms with Crippen LogP contribution in [0.15, 0.2) is 66.7 Å². The maximum Gasteiger partial charge on any atom is 0.161 e. The van der Waals surface area contributed by atoms with Gasteiger partial charge in [0, 0.05) is 19.6 Å². The average Bonchev–Trinajstić information content (AvgIpc) is 2.78. The number of rotatable bonds is 6. The summed E-state index contributed by atoms with van der Waals surface area (Å²) in [6, 6.07) is 24.4. The summed E-state index contributed by atoms with van der Waals surface area (Å²) in [4.78, 5) is 2.42. The van der Waals surface area contributed by atoms with Crippen molar-refractivity contribution >= 4 is 0 Å². The molecular formula is C25H24N2O2. The Balaban J connectivity index is 1.46. The minimum Gasteiger partial charge on any atom is -0.493 e. The molecule has 0 atom stereocenters. The normalized spacial score (nSPS) is 13.4. The highest BCUT2D eigenvalue weighted by Crippen LogP contribution is 2.34. The molecule has 0 spiro atoms. The van der Waals surface area contributed by atoms with E-state index in [1.165, 1.54) is 16.7 Å². The Bertz CT molecular complexity index is 1010. The minimum absolute atomic E-state index is 0.529. The highest BCUT2D eigenvalue weighted by atomic mass is 16.5. The quantitative estimate of drug-likeness (QED) is 0.618. The molecule has 1 heterocycles. The van der Waals surface area contributed by atoms with Gasteiger partial charge in [-0.2, -0.15) is 5.26 Å². The summed E-state index contributed by atoms with van der Waals surface area (Å²) in [6.07, 6.45) is 0.983. The molecule has 4 rings (SSSR count). The van der Waals surface area contributed by atoms with Crippen molar-refractivity contribution in [3.63, 3.8) is 0 Å². The average molecular weight is 384 g/mol. The summed E-state index contributed by atoms with van der Waals surface area (Å²) in [6.45, 7) is 3.28. The standard InChI is InChI=1S/C25H24N2O2/c1-28-24-14-23-17-27(16-20-9-7-19(15-26)8-10-20)12-11-22(23)13-25(24)29-18-21-5-3-2-4-6-21/h2-10,13-14H,11-12,16-18H2,1H3. The van der Waals surface area contributed by atoms with Crippen molar-refractivity contribution in [2.75, 3.05) is 13.7 Å². The Morgan fingerprint density at radius 2 is 1.69 bits per heavy atom. The van der Waals surface area contributed by atoms with E-state index in [2.05, 4.69) is 35.2 Å². The number of benzene rings is 3. The van der Waals surface area contributed by atoms with Crippen LogP contribution in [0.5, 0.6) is 11.5 Å². The summed E-state index contributed by atoms with van der Waals surface area (Å²) < 4.78 is 11.7. The lowest BCUT2D eigenvalue weighted by Crippen LogP contribution is -2.30. The van der Waals surface area contributed by atoms with E-state index in [4.69, 9.17) is 14.7 Å². The van der Waals surface area contributed by atoms with Gasteiger partial charge < -0.3 is 9.47 Å². The summed E-state index contributed by atoms with van der Waals surface area (Å²) in [5.74, 6) is 1.58. The third-order valence-corrected chi connectivity index (χ3v) is 5.30. The number of nitriles is 1. The van der Waals surface area contributed by atoms with Crippen LogP contribution < -0.4 is 9.47 Å². The van der Waals surface area contributed by atoms with Gasteiger partial charge in [0.15, 0.2) is 11.5 Å². The predicted octanol–water partition coefficient (Wildman–Crippen LogP) is 4.70. The van der Waals surface area contributed by atoms with Crippen LogP contribution in [0.25, 0.3) is 0 Å².